The standard InChI is InChI=1S/C14H26N2O4/c1-3-7-14(2,15)13(19)16-8-4-11(5-9-16)20-10-6-12(17)18/h11H,3-10,15H2,1-2H3,(H,17,18). The highest BCUT2D eigenvalue weighted by molar-refractivity contribution is 5.85. The SMILES string of the molecule is CCCC(C)(N)C(=O)N1CCC(OCCC(=O)O)CC1. The van der Waals surface area contributed by atoms with Crippen LogP contribution < -0.4 is 5.73 Å². The number of carbonyl (C=O) groups is 2. The van der Waals surface area contributed by atoms with Gasteiger partial charge in [0.15, 0.2) is 0 Å². The van der Waals surface area contributed by atoms with Crippen molar-refractivity contribution in [2.75, 3.05) is 19.7 Å². The monoisotopic (exact) mass is 286 g/mol. The van der Waals surface area contributed by atoms with Crippen LogP contribution in [0.2, 0.25) is 0 Å². The molecule has 0 radical (unpaired) electrons. The smallest absolute Gasteiger partial charge is 0.305 e. The first-order valence-electron chi connectivity index (χ1n) is 7.28. The molecule has 1 unspecified atom stereocenters. The van der Waals surface area contributed by atoms with Crippen LogP contribution in [0.5, 0.6) is 0 Å². The van der Waals surface area contributed by atoms with Crippen molar-refractivity contribution in [3.63, 3.8) is 0 Å². The van der Waals surface area contributed by atoms with Crippen molar-refractivity contribution in [2.45, 2.75) is 57.6 Å². The maximum Gasteiger partial charge on any atom is 0.305 e. The van der Waals surface area contributed by atoms with E-state index in [0.717, 1.165) is 19.3 Å². The maximum absolute atomic E-state index is 12.3. The van der Waals surface area contributed by atoms with Gasteiger partial charge in [0.1, 0.15) is 0 Å². The van der Waals surface area contributed by atoms with Crippen molar-refractivity contribution < 1.29 is 19.4 Å². The first-order chi connectivity index (χ1) is 9.36. The fourth-order valence-electron chi connectivity index (χ4n) is 2.53. The molecule has 3 N–H and O–H groups in total. The lowest BCUT2D eigenvalue weighted by molar-refractivity contribution is -0.140. The summed E-state index contributed by atoms with van der Waals surface area (Å²) >= 11 is 0. The summed E-state index contributed by atoms with van der Waals surface area (Å²) in [5.74, 6) is -0.848. The van der Waals surface area contributed by atoms with Gasteiger partial charge in [-0.2, -0.15) is 0 Å². The summed E-state index contributed by atoms with van der Waals surface area (Å²) < 4.78 is 5.50. The van der Waals surface area contributed by atoms with E-state index in [4.69, 9.17) is 15.6 Å². The van der Waals surface area contributed by atoms with Gasteiger partial charge < -0.3 is 20.5 Å². The van der Waals surface area contributed by atoms with E-state index in [1.807, 2.05) is 6.92 Å². The third-order valence-electron chi connectivity index (χ3n) is 3.66. The molecule has 0 aromatic rings. The lowest BCUT2D eigenvalue weighted by Crippen LogP contribution is -2.55. The number of carbonyl (C=O) groups excluding carboxylic acids is 1. The second kappa shape index (κ2) is 7.59. The highest BCUT2D eigenvalue weighted by Gasteiger charge is 2.33. The molecule has 0 saturated carbocycles. The summed E-state index contributed by atoms with van der Waals surface area (Å²) in [6.07, 6.45) is 3.13. The number of hydrogen-bond donors (Lipinski definition) is 2. The number of ether oxygens (including phenoxy) is 1. The van der Waals surface area contributed by atoms with Crippen LogP contribution in [-0.4, -0.2) is 53.2 Å². The van der Waals surface area contributed by atoms with E-state index in [2.05, 4.69) is 0 Å². The third-order valence-corrected chi connectivity index (χ3v) is 3.66. The molecule has 6 heteroatoms. The Morgan fingerprint density at radius 1 is 1.40 bits per heavy atom. The highest BCUT2D eigenvalue weighted by Crippen LogP contribution is 2.19. The van der Waals surface area contributed by atoms with Gasteiger partial charge in [-0.15, -0.1) is 0 Å². The molecule has 1 atom stereocenters. The minimum atomic E-state index is -0.851. The van der Waals surface area contributed by atoms with Gasteiger partial charge in [0.25, 0.3) is 0 Å². The Morgan fingerprint density at radius 3 is 2.50 bits per heavy atom. The van der Waals surface area contributed by atoms with Gasteiger partial charge in [0, 0.05) is 13.1 Å². The number of carboxylic acids is 1. The van der Waals surface area contributed by atoms with E-state index in [1.54, 1.807) is 11.8 Å². The molecule has 1 heterocycles. The van der Waals surface area contributed by atoms with Gasteiger partial charge in [0.05, 0.1) is 24.7 Å². The Bertz CT molecular complexity index is 336. The minimum Gasteiger partial charge on any atom is -0.481 e. The van der Waals surface area contributed by atoms with E-state index in [9.17, 15) is 9.59 Å². The summed E-state index contributed by atoms with van der Waals surface area (Å²) in [5, 5.41) is 8.55. The molecule has 1 amide bonds. The zero-order chi connectivity index (χ0) is 15.2. The van der Waals surface area contributed by atoms with Crippen molar-refractivity contribution in [1.82, 2.24) is 4.90 Å². The maximum atomic E-state index is 12.3. The van der Waals surface area contributed by atoms with Crippen molar-refractivity contribution in [2.24, 2.45) is 5.73 Å². The first-order valence-corrected chi connectivity index (χ1v) is 7.28. The fraction of sp³-hybridized carbons (Fsp3) is 0.857. The van der Waals surface area contributed by atoms with Crippen LogP contribution in [0, 0.1) is 0 Å². The number of nitrogens with two attached hydrogens (primary N) is 1. The third kappa shape index (κ3) is 5.09. The van der Waals surface area contributed by atoms with Gasteiger partial charge in [-0.25, -0.2) is 0 Å². The molecular formula is C14H26N2O4. The molecule has 0 aromatic heterocycles. The molecular weight excluding hydrogens is 260 g/mol. The fourth-order valence-corrected chi connectivity index (χ4v) is 2.53. The Balaban J connectivity index is 2.34. The molecule has 1 aliphatic heterocycles. The molecule has 1 saturated heterocycles. The first kappa shape index (κ1) is 16.9. The quantitative estimate of drug-likeness (QED) is 0.728. The number of piperidine rings is 1. The molecule has 1 fully saturated rings. The lowest BCUT2D eigenvalue weighted by atomic mass is 9.94. The van der Waals surface area contributed by atoms with Crippen LogP contribution in [0.1, 0.15) is 46.0 Å². The molecule has 0 spiro atoms. The van der Waals surface area contributed by atoms with Crippen LogP contribution in [0.15, 0.2) is 0 Å². The molecule has 20 heavy (non-hydrogen) atoms. The van der Waals surface area contributed by atoms with E-state index in [1.165, 1.54) is 0 Å². The second-order valence-electron chi connectivity index (χ2n) is 5.67. The van der Waals surface area contributed by atoms with Crippen molar-refractivity contribution in [3.05, 3.63) is 0 Å². The summed E-state index contributed by atoms with van der Waals surface area (Å²) in [5.41, 5.74) is 5.28. The number of aliphatic carboxylic acids is 1. The van der Waals surface area contributed by atoms with Crippen molar-refractivity contribution in [1.29, 1.82) is 0 Å². The average Bonchev–Trinajstić information content (AvgIpc) is 2.38. The number of carboxylic acid groups (broad SMARTS) is 1. The largest absolute Gasteiger partial charge is 0.481 e. The van der Waals surface area contributed by atoms with Crippen LogP contribution in [0.3, 0.4) is 0 Å². The Morgan fingerprint density at radius 2 is 2.00 bits per heavy atom. The number of amides is 1. The van der Waals surface area contributed by atoms with Gasteiger partial charge in [-0.05, 0) is 26.2 Å². The molecule has 0 aliphatic carbocycles. The lowest BCUT2D eigenvalue weighted by Gasteiger charge is -2.36. The Kier molecular flexibility index (Phi) is 6.42. The molecule has 0 bridgehead atoms. The van der Waals surface area contributed by atoms with Crippen molar-refractivity contribution >= 4 is 11.9 Å². The Labute approximate surface area is 120 Å². The normalized spacial score (nSPS) is 19.6. The van der Waals surface area contributed by atoms with Crippen LogP contribution in [0.25, 0.3) is 0 Å². The summed E-state index contributed by atoms with van der Waals surface area (Å²) in [6, 6.07) is 0. The average molecular weight is 286 g/mol. The number of hydrogen-bond acceptors (Lipinski definition) is 4. The van der Waals surface area contributed by atoms with Gasteiger partial charge in [-0.1, -0.05) is 13.3 Å². The van der Waals surface area contributed by atoms with Gasteiger partial charge in [-0.3, -0.25) is 9.59 Å². The van der Waals surface area contributed by atoms with E-state index >= 15 is 0 Å². The second-order valence-corrected chi connectivity index (χ2v) is 5.67. The topological polar surface area (TPSA) is 92.9 Å². The number of nitrogens with zero attached hydrogens (tertiary/aromatic N) is 1. The molecule has 6 nitrogen and oxygen atoms in total. The van der Waals surface area contributed by atoms with Gasteiger partial charge in [0.2, 0.25) is 5.91 Å². The summed E-state index contributed by atoms with van der Waals surface area (Å²) in [4.78, 5) is 24.5. The highest BCUT2D eigenvalue weighted by atomic mass is 16.5. The molecule has 1 aliphatic rings. The summed E-state index contributed by atoms with van der Waals surface area (Å²) in [6.45, 7) is 5.30. The predicted molar refractivity (Wildman–Crippen MR) is 75.3 cm³/mol. The van der Waals surface area contributed by atoms with E-state index in [0.29, 0.717) is 19.5 Å². The van der Waals surface area contributed by atoms with Gasteiger partial charge >= 0.3 is 5.97 Å². The molecule has 116 valence electrons. The number of rotatable bonds is 7. The minimum absolute atomic E-state index is 0.00309. The summed E-state index contributed by atoms with van der Waals surface area (Å²) in [7, 11) is 0. The van der Waals surface area contributed by atoms with E-state index < -0.39 is 11.5 Å². The molecule has 1 rings (SSSR count). The van der Waals surface area contributed by atoms with Crippen LogP contribution >= 0.6 is 0 Å². The predicted octanol–water partition coefficient (Wildman–Crippen LogP) is 0.986. The van der Waals surface area contributed by atoms with Crippen LogP contribution in [-0.2, 0) is 14.3 Å². The van der Waals surface area contributed by atoms with Crippen LogP contribution in [0.4, 0.5) is 0 Å². The zero-order valence-electron chi connectivity index (χ0n) is 12.4. The zero-order valence-corrected chi connectivity index (χ0v) is 12.4. The number of likely N-dealkylation sites (tertiary alicyclic amines) is 1. The van der Waals surface area contributed by atoms with Crippen molar-refractivity contribution in [3.8, 4) is 0 Å². The van der Waals surface area contributed by atoms with E-state index in [-0.39, 0.29) is 25.0 Å². The Hall–Kier alpha value is -1.14. The molecule has 0 aromatic carbocycles.